The van der Waals surface area contributed by atoms with Crippen molar-refractivity contribution >= 4 is 46.0 Å². The molecule has 2 unspecified atom stereocenters. The molecule has 0 spiro atoms. The number of carbonyl (C=O) groups is 1. The molecule has 0 saturated carbocycles. The lowest BCUT2D eigenvalue weighted by molar-refractivity contribution is 0.00224. The van der Waals surface area contributed by atoms with Crippen LogP contribution in [0.1, 0.15) is 33.6 Å². The van der Waals surface area contributed by atoms with Crippen molar-refractivity contribution in [2.24, 2.45) is 0 Å². The molecule has 0 aliphatic carbocycles. The maximum Gasteiger partial charge on any atom is 0.411 e. The predicted octanol–water partition coefficient (Wildman–Crippen LogP) is 4.62. The number of halogens is 3. The fourth-order valence-electron chi connectivity index (χ4n) is 4.31. The summed E-state index contributed by atoms with van der Waals surface area (Å²) in [7, 11) is 0. The zero-order valence-electron chi connectivity index (χ0n) is 17.0. The first kappa shape index (κ1) is 21.1. The van der Waals surface area contributed by atoms with Gasteiger partial charge in [0.25, 0.3) is 0 Å². The van der Waals surface area contributed by atoms with Crippen LogP contribution in [-0.2, 0) is 4.74 Å². The Balaban J connectivity index is 1.74. The average molecular weight is 454 g/mol. The molecule has 160 valence electrons. The molecule has 0 N–H and O–H groups in total. The first-order chi connectivity index (χ1) is 14.0. The monoisotopic (exact) mass is 453 g/mol. The van der Waals surface area contributed by atoms with E-state index in [4.69, 9.17) is 27.9 Å². The molecule has 2 aromatic rings. The second-order valence-electron chi connectivity index (χ2n) is 8.67. The van der Waals surface area contributed by atoms with Crippen LogP contribution in [0.4, 0.5) is 15.0 Å². The number of amides is 1. The molecule has 0 aromatic carbocycles. The van der Waals surface area contributed by atoms with Crippen molar-refractivity contribution in [1.29, 1.82) is 0 Å². The number of nitrogens with zero attached hydrogens (tertiary/aromatic N) is 5. The van der Waals surface area contributed by atoms with Crippen molar-refractivity contribution in [3.05, 3.63) is 35.1 Å². The Hall–Kier alpha value is -2.19. The Bertz CT molecular complexity index is 1040. The quantitative estimate of drug-likeness (QED) is 0.375. The maximum absolute atomic E-state index is 14.5. The largest absolute Gasteiger partial charge is 0.444 e. The second-order valence-corrected chi connectivity index (χ2v) is 9.37. The molecule has 30 heavy (non-hydrogen) atoms. The van der Waals surface area contributed by atoms with Gasteiger partial charge in [-0.25, -0.2) is 19.2 Å². The van der Waals surface area contributed by atoms with Crippen LogP contribution in [0.2, 0.25) is 10.4 Å². The van der Waals surface area contributed by atoms with Crippen molar-refractivity contribution in [3.8, 4) is 0 Å². The minimum atomic E-state index is -0.742. The molecular formula is C20H22Cl2FN5O2. The number of anilines is 1. The van der Waals surface area contributed by atoms with E-state index in [0.29, 0.717) is 24.3 Å². The predicted molar refractivity (Wildman–Crippen MR) is 114 cm³/mol. The van der Waals surface area contributed by atoms with E-state index in [1.165, 1.54) is 6.20 Å². The SMILES string of the molecule is C=CC12CCC(CN(c3nc(Cl)nc4c(F)c(Cl)ncc34)C1)N2C(=O)OC(C)(C)C. The number of carbonyl (C=O) groups excluding carboxylic acids is 1. The van der Waals surface area contributed by atoms with Gasteiger partial charge < -0.3 is 9.64 Å². The Labute approximate surface area is 183 Å². The van der Waals surface area contributed by atoms with E-state index >= 15 is 0 Å². The molecule has 4 heterocycles. The second kappa shape index (κ2) is 7.20. The van der Waals surface area contributed by atoms with Crippen molar-refractivity contribution in [2.45, 2.75) is 50.8 Å². The third-order valence-corrected chi connectivity index (χ3v) is 5.95. The average Bonchev–Trinajstić information content (AvgIpc) is 2.90. The normalized spacial score (nSPS) is 23.7. The van der Waals surface area contributed by atoms with Crippen molar-refractivity contribution in [3.63, 3.8) is 0 Å². The molecule has 2 bridgehead atoms. The summed E-state index contributed by atoms with van der Waals surface area (Å²) >= 11 is 11.9. The highest BCUT2D eigenvalue weighted by atomic mass is 35.5. The molecule has 2 aromatic heterocycles. The number of ether oxygens (including phenoxy) is 1. The number of rotatable bonds is 2. The van der Waals surface area contributed by atoms with E-state index in [9.17, 15) is 9.18 Å². The van der Waals surface area contributed by atoms with Crippen LogP contribution in [0.5, 0.6) is 0 Å². The minimum Gasteiger partial charge on any atom is -0.444 e. The highest BCUT2D eigenvalue weighted by Crippen LogP contribution is 2.43. The summed E-state index contributed by atoms with van der Waals surface area (Å²) in [6.07, 6.45) is 4.39. The number of hydrogen-bond acceptors (Lipinski definition) is 6. The number of pyridine rings is 1. The van der Waals surface area contributed by atoms with Crippen molar-refractivity contribution in [2.75, 3.05) is 18.0 Å². The summed E-state index contributed by atoms with van der Waals surface area (Å²) in [5.41, 5.74) is -1.22. The van der Waals surface area contributed by atoms with Gasteiger partial charge in [0.2, 0.25) is 5.28 Å². The highest BCUT2D eigenvalue weighted by Gasteiger charge is 2.53. The molecule has 2 aliphatic heterocycles. The first-order valence-corrected chi connectivity index (χ1v) is 10.4. The van der Waals surface area contributed by atoms with Gasteiger partial charge in [0.15, 0.2) is 11.0 Å². The van der Waals surface area contributed by atoms with Crippen molar-refractivity contribution < 1.29 is 13.9 Å². The standard InChI is InChI=1S/C20H22Cl2FN5O2/c1-5-20-7-6-11(28(20)18(29)30-19(2,3)4)9-27(10-20)16-12-8-24-15(21)13(23)14(12)25-17(22)26-16/h5,8,11H,1,6-7,9-10H2,2-4H3. The smallest absolute Gasteiger partial charge is 0.411 e. The summed E-state index contributed by atoms with van der Waals surface area (Å²) in [5.74, 6) is -0.288. The van der Waals surface area contributed by atoms with Gasteiger partial charge >= 0.3 is 6.09 Å². The van der Waals surface area contributed by atoms with Gasteiger partial charge in [-0.3, -0.25) is 4.90 Å². The Kier molecular flexibility index (Phi) is 5.05. The van der Waals surface area contributed by atoms with Gasteiger partial charge in [0, 0.05) is 19.3 Å². The Morgan fingerprint density at radius 3 is 2.80 bits per heavy atom. The third kappa shape index (κ3) is 3.46. The van der Waals surface area contributed by atoms with Crippen LogP contribution in [-0.4, -0.2) is 56.2 Å². The maximum atomic E-state index is 14.5. The van der Waals surface area contributed by atoms with E-state index in [1.807, 2.05) is 25.7 Å². The molecule has 2 saturated heterocycles. The van der Waals surface area contributed by atoms with E-state index in [-0.39, 0.29) is 28.1 Å². The van der Waals surface area contributed by atoms with Gasteiger partial charge in [0.1, 0.15) is 16.9 Å². The number of piperazine rings is 1. The van der Waals surface area contributed by atoms with Crippen LogP contribution in [0.25, 0.3) is 10.9 Å². The lowest BCUT2D eigenvalue weighted by Gasteiger charge is -2.48. The number of hydrogen-bond donors (Lipinski definition) is 0. The Morgan fingerprint density at radius 1 is 1.40 bits per heavy atom. The molecule has 2 fully saturated rings. The molecule has 7 nitrogen and oxygen atoms in total. The van der Waals surface area contributed by atoms with Crippen molar-refractivity contribution in [1.82, 2.24) is 19.9 Å². The molecule has 4 rings (SSSR count). The van der Waals surface area contributed by atoms with Gasteiger partial charge in [0.05, 0.1) is 17.0 Å². The summed E-state index contributed by atoms with van der Waals surface area (Å²) in [5, 5.41) is 0.0412. The molecule has 0 radical (unpaired) electrons. The van der Waals surface area contributed by atoms with Crippen LogP contribution < -0.4 is 4.90 Å². The lowest BCUT2D eigenvalue weighted by atomic mass is 9.95. The molecule has 1 amide bonds. The minimum absolute atomic E-state index is 0.0135. The summed E-state index contributed by atoms with van der Waals surface area (Å²) in [6, 6.07) is -0.111. The van der Waals surface area contributed by atoms with Crippen LogP contribution >= 0.6 is 23.2 Å². The zero-order valence-corrected chi connectivity index (χ0v) is 18.5. The first-order valence-electron chi connectivity index (χ1n) is 9.63. The van der Waals surface area contributed by atoms with E-state index in [1.54, 1.807) is 11.0 Å². The molecule has 2 aliphatic rings. The van der Waals surface area contributed by atoms with Gasteiger partial charge in [-0.05, 0) is 45.2 Å². The number of aromatic nitrogens is 3. The third-order valence-electron chi connectivity index (χ3n) is 5.52. The fraction of sp³-hybridized carbons (Fsp3) is 0.500. The fourth-order valence-corrected chi connectivity index (χ4v) is 4.61. The topological polar surface area (TPSA) is 71.5 Å². The van der Waals surface area contributed by atoms with E-state index in [0.717, 1.165) is 12.8 Å². The summed E-state index contributed by atoms with van der Waals surface area (Å²) in [4.78, 5) is 28.9. The molecule has 2 atom stereocenters. The lowest BCUT2D eigenvalue weighted by Crippen LogP contribution is -2.63. The van der Waals surface area contributed by atoms with Gasteiger partial charge in [-0.1, -0.05) is 17.7 Å². The molecular weight excluding hydrogens is 432 g/mol. The summed E-state index contributed by atoms with van der Waals surface area (Å²) < 4.78 is 20.2. The van der Waals surface area contributed by atoms with Crippen LogP contribution in [0, 0.1) is 5.82 Å². The highest BCUT2D eigenvalue weighted by molar-refractivity contribution is 6.30. The van der Waals surface area contributed by atoms with E-state index in [2.05, 4.69) is 21.5 Å². The van der Waals surface area contributed by atoms with Gasteiger partial charge in [-0.15, -0.1) is 6.58 Å². The molecule has 10 heteroatoms. The Morgan fingerprint density at radius 2 is 2.13 bits per heavy atom. The number of fused-ring (bicyclic) bond motifs is 3. The zero-order chi connectivity index (χ0) is 21.8. The van der Waals surface area contributed by atoms with Crippen LogP contribution in [0.15, 0.2) is 18.9 Å². The summed E-state index contributed by atoms with van der Waals surface area (Å²) in [6.45, 7) is 10.4. The van der Waals surface area contributed by atoms with Crippen LogP contribution in [0.3, 0.4) is 0 Å². The van der Waals surface area contributed by atoms with E-state index < -0.39 is 17.0 Å². The van der Waals surface area contributed by atoms with Gasteiger partial charge in [-0.2, -0.15) is 4.98 Å².